The molecule has 0 atom stereocenters. The van der Waals surface area contributed by atoms with E-state index in [1.165, 1.54) is 6.33 Å². The molecule has 0 saturated carbocycles. The lowest BCUT2D eigenvalue weighted by Gasteiger charge is -2.06. The fourth-order valence-electron chi connectivity index (χ4n) is 1.93. The number of aromatic nitrogens is 3. The number of benzene rings is 1. The summed E-state index contributed by atoms with van der Waals surface area (Å²) < 4.78 is 12.2. The predicted molar refractivity (Wildman–Crippen MR) is 69.5 cm³/mol. The third kappa shape index (κ3) is 2.71. The topological polar surface area (TPSA) is 78.3 Å². The summed E-state index contributed by atoms with van der Waals surface area (Å²) in [5.41, 5.74) is 0.565. The van der Waals surface area contributed by atoms with Crippen molar-refractivity contribution in [3.8, 4) is 11.5 Å². The number of rotatable bonds is 5. The highest BCUT2D eigenvalue weighted by atomic mass is 16.7. The molecule has 0 saturated heterocycles. The average molecular weight is 274 g/mol. The van der Waals surface area contributed by atoms with Crippen LogP contribution < -0.4 is 14.8 Å². The lowest BCUT2D eigenvalue weighted by Crippen LogP contribution is -2.25. The summed E-state index contributed by atoms with van der Waals surface area (Å²) >= 11 is 0. The lowest BCUT2D eigenvalue weighted by atomic mass is 10.2. The van der Waals surface area contributed by atoms with Gasteiger partial charge in [0.2, 0.25) is 6.79 Å². The van der Waals surface area contributed by atoms with Crippen LogP contribution in [0.15, 0.2) is 30.9 Å². The Kier molecular flexibility index (Phi) is 3.49. The van der Waals surface area contributed by atoms with Crippen LogP contribution in [-0.4, -0.2) is 34.0 Å². The smallest absolute Gasteiger partial charge is 0.251 e. The van der Waals surface area contributed by atoms with Crippen molar-refractivity contribution >= 4 is 5.91 Å². The minimum atomic E-state index is -0.123. The average Bonchev–Trinajstić information content (AvgIpc) is 3.13. The van der Waals surface area contributed by atoms with Crippen molar-refractivity contribution in [3.63, 3.8) is 0 Å². The zero-order valence-corrected chi connectivity index (χ0v) is 10.8. The first-order chi connectivity index (χ1) is 9.83. The number of carbonyl (C=O) groups is 1. The molecule has 0 fully saturated rings. The molecule has 104 valence electrons. The molecule has 1 N–H and O–H groups in total. The van der Waals surface area contributed by atoms with E-state index in [4.69, 9.17) is 9.47 Å². The summed E-state index contributed by atoms with van der Waals surface area (Å²) in [5.74, 6) is 1.16. The quantitative estimate of drug-likeness (QED) is 0.817. The van der Waals surface area contributed by atoms with Crippen LogP contribution in [0.1, 0.15) is 16.8 Å². The second-order valence-corrected chi connectivity index (χ2v) is 4.34. The summed E-state index contributed by atoms with van der Waals surface area (Å²) in [6.07, 6.45) is 3.94. The van der Waals surface area contributed by atoms with Crippen LogP contribution in [0.2, 0.25) is 0 Å². The van der Waals surface area contributed by atoms with Gasteiger partial charge in [-0.25, -0.2) is 4.98 Å². The van der Waals surface area contributed by atoms with E-state index in [1.54, 1.807) is 29.2 Å². The van der Waals surface area contributed by atoms with Gasteiger partial charge in [0.25, 0.3) is 5.91 Å². The Hall–Kier alpha value is -2.57. The zero-order chi connectivity index (χ0) is 13.8. The molecule has 7 nitrogen and oxygen atoms in total. The number of ether oxygens (including phenoxy) is 2. The molecule has 0 unspecified atom stereocenters. The molecule has 1 aliphatic heterocycles. The number of nitrogens with zero attached hydrogens (tertiary/aromatic N) is 3. The molecule has 1 aromatic heterocycles. The van der Waals surface area contributed by atoms with E-state index in [0.717, 1.165) is 13.0 Å². The molecule has 20 heavy (non-hydrogen) atoms. The molecule has 0 aliphatic carbocycles. The highest BCUT2D eigenvalue weighted by molar-refractivity contribution is 5.94. The van der Waals surface area contributed by atoms with Crippen LogP contribution in [0.3, 0.4) is 0 Å². The van der Waals surface area contributed by atoms with Crippen molar-refractivity contribution in [2.24, 2.45) is 0 Å². The van der Waals surface area contributed by atoms with Gasteiger partial charge in [0.05, 0.1) is 0 Å². The second-order valence-electron chi connectivity index (χ2n) is 4.34. The maximum atomic E-state index is 12.0. The van der Waals surface area contributed by atoms with Crippen LogP contribution >= 0.6 is 0 Å². The van der Waals surface area contributed by atoms with Gasteiger partial charge in [-0.2, -0.15) is 5.10 Å². The number of fused-ring (bicyclic) bond motifs is 1. The predicted octanol–water partition coefficient (Wildman–Crippen LogP) is 0.827. The van der Waals surface area contributed by atoms with Gasteiger partial charge in [-0.1, -0.05) is 0 Å². The Morgan fingerprint density at radius 1 is 1.35 bits per heavy atom. The highest BCUT2D eigenvalue weighted by Gasteiger charge is 2.15. The zero-order valence-electron chi connectivity index (χ0n) is 10.8. The maximum Gasteiger partial charge on any atom is 0.251 e. The number of hydrogen-bond donors (Lipinski definition) is 1. The molecule has 7 heteroatoms. The largest absolute Gasteiger partial charge is 0.454 e. The molecule has 0 bridgehead atoms. The van der Waals surface area contributed by atoms with Crippen molar-refractivity contribution in [2.75, 3.05) is 13.3 Å². The molecular weight excluding hydrogens is 260 g/mol. The van der Waals surface area contributed by atoms with E-state index in [2.05, 4.69) is 15.4 Å². The normalized spacial score (nSPS) is 12.4. The molecule has 2 aromatic rings. The van der Waals surface area contributed by atoms with Gasteiger partial charge >= 0.3 is 0 Å². The number of hydrogen-bond acceptors (Lipinski definition) is 5. The van der Waals surface area contributed by atoms with E-state index < -0.39 is 0 Å². The standard InChI is InChI=1S/C13H14N4O3/c18-13(15-4-1-5-17-8-14-7-16-17)10-2-3-11-12(6-10)20-9-19-11/h2-3,6-8H,1,4-5,9H2,(H,15,18). The molecule has 2 heterocycles. The molecule has 1 aromatic carbocycles. The number of carbonyl (C=O) groups excluding carboxylic acids is 1. The molecule has 1 aliphatic rings. The lowest BCUT2D eigenvalue weighted by molar-refractivity contribution is 0.0952. The molecule has 0 radical (unpaired) electrons. The second kappa shape index (κ2) is 5.60. The Morgan fingerprint density at radius 2 is 2.25 bits per heavy atom. The summed E-state index contributed by atoms with van der Waals surface area (Å²) in [6.45, 7) is 1.51. The Bertz CT molecular complexity index is 598. The first-order valence-electron chi connectivity index (χ1n) is 6.33. The van der Waals surface area contributed by atoms with Crippen molar-refractivity contribution in [3.05, 3.63) is 36.4 Å². The third-order valence-corrected chi connectivity index (χ3v) is 2.95. The summed E-state index contributed by atoms with van der Waals surface area (Å²) in [7, 11) is 0. The fraction of sp³-hybridized carbons (Fsp3) is 0.308. The molecule has 1 amide bonds. The number of nitrogens with one attached hydrogen (secondary N) is 1. The molecular formula is C13H14N4O3. The van der Waals surface area contributed by atoms with Crippen LogP contribution in [0.5, 0.6) is 11.5 Å². The fourth-order valence-corrected chi connectivity index (χ4v) is 1.93. The monoisotopic (exact) mass is 274 g/mol. The van der Waals surface area contributed by atoms with E-state index in [1.807, 2.05) is 0 Å². The van der Waals surface area contributed by atoms with Gasteiger partial charge in [0.1, 0.15) is 12.7 Å². The van der Waals surface area contributed by atoms with Gasteiger partial charge in [-0.3, -0.25) is 9.48 Å². The third-order valence-electron chi connectivity index (χ3n) is 2.95. The van der Waals surface area contributed by atoms with Crippen LogP contribution in [0.25, 0.3) is 0 Å². The first-order valence-corrected chi connectivity index (χ1v) is 6.33. The van der Waals surface area contributed by atoms with E-state index in [0.29, 0.717) is 23.6 Å². The van der Waals surface area contributed by atoms with Gasteiger partial charge in [0.15, 0.2) is 11.5 Å². The summed E-state index contributed by atoms with van der Waals surface area (Å²) in [4.78, 5) is 15.8. The van der Waals surface area contributed by atoms with Crippen LogP contribution in [-0.2, 0) is 6.54 Å². The van der Waals surface area contributed by atoms with Gasteiger partial charge < -0.3 is 14.8 Å². The van der Waals surface area contributed by atoms with Crippen molar-refractivity contribution in [1.82, 2.24) is 20.1 Å². The molecule has 0 spiro atoms. The van der Waals surface area contributed by atoms with E-state index in [-0.39, 0.29) is 12.7 Å². The number of aryl methyl sites for hydroxylation is 1. The number of amides is 1. The maximum absolute atomic E-state index is 12.0. The SMILES string of the molecule is O=C(NCCCn1cncn1)c1ccc2c(c1)OCO2. The van der Waals surface area contributed by atoms with E-state index >= 15 is 0 Å². The minimum Gasteiger partial charge on any atom is -0.454 e. The summed E-state index contributed by atoms with van der Waals surface area (Å²) in [6, 6.07) is 5.15. The van der Waals surface area contributed by atoms with E-state index in [9.17, 15) is 4.79 Å². The van der Waals surface area contributed by atoms with Crippen molar-refractivity contribution in [1.29, 1.82) is 0 Å². The van der Waals surface area contributed by atoms with Crippen LogP contribution in [0.4, 0.5) is 0 Å². The summed E-state index contributed by atoms with van der Waals surface area (Å²) in [5, 5.41) is 6.85. The van der Waals surface area contributed by atoms with Gasteiger partial charge in [-0.05, 0) is 24.6 Å². The first kappa shape index (κ1) is 12.5. The highest BCUT2D eigenvalue weighted by Crippen LogP contribution is 2.32. The van der Waals surface area contributed by atoms with Gasteiger partial charge in [-0.15, -0.1) is 0 Å². The Morgan fingerprint density at radius 3 is 3.10 bits per heavy atom. The minimum absolute atomic E-state index is 0.123. The Labute approximate surface area is 115 Å². The molecule has 3 rings (SSSR count). The van der Waals surface area contributed by atoms with Crippen LogP contribution in [0, 0.1) is 0 Å². The van der Waals surface area contributed by atoms with Crippen molar-refractivity contribution in [2.45, 2.75) is 13.0 Å². The Balaban J connectivity index is 1.49. The van der Waals surface area contributed by atoms with Gasteiger partial charge in [0, 0.05) is 18.7 Å². The van der Waals surface area contributed by atoms with Crippen molar-refractivity contribution < 1.29 is 14.3 Å².